The van der Waals surface area contributed by atoms with Crippen molar-refractivity contribution in [3.63, 3.8) is 0 Å². The molecule has 0 saturated heterocycles. The summed E-state index contributed by atoms with van der Waals surface area (Å²) in [6, 6.07) is 14.9. The molecule has 0 fully saturated rings. The Morgan fingerprint density at radius 1 is 1.03 bits per heavy atom. The Hall–Kier alpha value is -4.79. The number of carbonyl (C=O) groups is 1. The van der Waals surface area contributed by atoms with Crippen molar-refractivity contribution in [2.24, 2.45) is 0 Å². The number of amides is 1. The number of nitrogens with zero attached hydrogens (tertiary/aromatic N) is 5. The summed E-state index contributed by atoms with van der Waals surface area (Å²) in [6.45, 7) is 5.45. The zero-order valence-electron chi connectivity index (χ0n) is 17.7. The first-order valence-electron chi connectivity index (χ1n) is 10.1. The van der Waals surface area contributed by atoms with Gasteiger partial charge in [-0.15, -0.1) is 0 Å². The second-order valence-electron chi connectivity index (χ2n) is 7.28. The van der Waals surface area contributed by atoms with Crippen molar-refractivity contribution in [1.82, 2.24) is 24.6 Å². The molecule has 33 heavy (non-hydrogen) atoms. The smallest absolute Gasteiger partial charge is 0.247 e. The van der Waals surface area contributed by atoms with Gasteiger partial charge in [0.25, 0.3) is 0 Å². The summed E-state index contributed by atoms with van der Waals surface area (Å²) in [5, 5.41) is 11.0. The number of anilines is 3. The lowest BCUT2D eigenvalue weighted by molar-refractivity contribution is -0.111. The Kier molecular flexibility index (Phi) is 5.12. The third-order valence-corrected chi connectivity index (χ3v) is 5.01. The normalized spacial score (nSPS) is 10.8. The molecule has 0 aliphatic heterocycles. The van der Waals surface area contributed by atoms with E-state index in [1.54, 1.807) is 16.8 Å². The van der Waals surface area contributed by atoms with Crippen molar-refractivity contribution in [3.05, 3.63) is 85.6 Å². The Morgan fingerprint density at radius 2 is 1.91 bits per heavy atom. The fraction of sp³-hybridized carbons (Fsp3) is 0.0417. The highest BCUT2D eigenvalue weighted by atomic mass is 16.5. The molecule has 2 N–H and O–H groups in total. The summed E-state index contributed by atoms with van der Waals surface area (Å²) in [4.78, 5) is 24.5. The summed E-state index contributed by atoms with van der Waals surface area (Å²) in [7, 11) is 0. The van der Waals surface area contributed by atoms with Gasteiger partial charge in [0.2, 0.25) is 5.91 Å². The first-order valence-corrected chi connectivity index (χ1v) is 10.1. The number of fused-ring (bicyclic) bond motifs is 2. The minimum absolute atomic E-state index is 0.282. The van der Waals surface area contributed by atoms with Gasteiger partial charge in [-0.25, -0.2) is 19.5 Å². The largest absolute Gasteiger partial charge is 0.457 e. The van der Waals surface area contributed by atoms with E-state index in [2.05, 4.69) is 37.3 Å². The number of pyridine rings is 1. The number of aryl methyl sites for hydroxylation is 1. The number of hydrogen-bond donors (Lipinski definition) is 2. The van der Waals surface area contributed by atoms with Crippen molar-refractivity contribution < 1.29 is 9.53 Å². The monoisotopic (exact) mass is 437 g/mol. The molecular weight excluding hydrogens is 418 g/mol. The number of nitrogens with one attached hydrogen (secondary N) is 2. The topological polar surface area (TPSA) is 106 Å². The van der Waals surface area contributed by atoms with Crippen molar-refractivity contribution >= 4 is 39.6 Å². The maximum Gasteiger partial charge on any atom is 0.247 e. The molecule has 3 heterocycles. The molecule has 2 aromatic carbocycles. The van der Waals surface area contributed by atoms with E-state index >= 15 is 0 Å². The summed E-state index contributed by atoms with van der Waals surface area (Å²) in [6.07, 6.45) is 6.02. The number of rotatable bonds is 6. The second kappa shape index (κ2) is 8.39. The molecule has 1 amide bonds. The molecule has 162 valence electrons. The predicted molar refractivity (Wildman–Crippen MR) is 126 cm³/mol. The van der Waals surface area contributed by atoms with Crippen molar-refractivity contribution in [3.8, 4) is 11.5 Å². The van der Waals surface area contributed by atoms with Crippen molar-refractivity contribution in [1.29, 1.82) is 0 Å². The molecule has 9 nitrogen and oxygen atoms in total. The van der Waals surface area contributed by atoms with Gasteiger partial charge in [-0.3, -0.25) is 4.79 Å². The van der Waals surface area contributed by atoms with Crippen LogP contribution in [-0.2, 0) is 4.79 Å². The average molecular weight is 437 g/mol. The quantitative estimate of drug-likeness (QED) is 0.373. The molecule has 0 bridgehead atoms. The summed E-state index contributed by atoms with van der Waals surface area (Å²) < 4.78 is 7.72. The van der Waals surface area contributed by atoms with Crippen molar-refractivity contribution in [2.75, 3.05) is 10.6 Å². The summed E-state index contributed by atoms with van der Waals surface area (Å²) >= 11 is 0. The number of benzene rings is 2. The van der Waals surface area contributed by atoms with Crippen LogP contribution >= 0.6 is 0 Å². The van der Waals surface area contributed by atoms with E-state index < -0.39 is 0 Å². The van der Waals surface area contributed by atoms with E-state index in [9.17, 15) is 4.79 Å². The molecule has 9 heteroatoms. The van der Waals surface area contributed by atoms with Crippen LogP contribution in [0.5, 0.6) is 11.5 Å². The van der Waals surface area contributed by atoms with E-state index in [0.29, 0.717) is 22.9 Å². The number of carbonyl (C=O) groups excluding carboxylic acids is 1. The molecule has 0 spiro atoms. The Morgan fingerprint density at radius 3 is 2.76 bits per heavy atom. The Bertz CT molecular complexity index is 1510. The van der Waals surface area contributed by atoms with Gasteiger partial charge in [-0.05, 0) is 61.0 Å². The standard InChI is InChI=1S/C24H19N7O2/c1-3-23(32)29-17-4-6-20-19(11-17)24(27-13-25-20)30-16-5-7-21(15(2)10-16)33-18-8-9-31-22(12-18)26-14-28-31/h3-14H,1H2,2H3,(H,29,32)(H,25,27,30). The van der Waals surface area contributed by atoms with Crippen molar-refractivity contribution in [2.45, 2.75) is 6.92 Å². The minimum Gasteiger partial charge on any atom is -0.457 e. The average Bonchev–Trinajstić information content (AvgIpc) is 3.29. The number of aromatic nitrogens is 5. The maximum absolute atomic E-state index is 11.6. The van der Waals surface area contributed by atoms with Crippen LogP contribution < -0.4 is 15.4 Å². The lowest BCUT2D eigenvalue weighted by Gasteiger charge is -2.13. The molecular formula is C24H19N7O2. The van der Waals surface area contributed by atoms with E-state index in [1.165, 1.54) is 18.7 Å². The van der Waals surface area contributed by atoms with Crippen LogP contribution in [0, 0.1) is 6.92 Å². The highest BCUT2D eigenvalue weighted by molar-refractivity contribution is 6.01. The van der Waals surface area contributed by atoms with E-state index in [-0.39, 0.29) is 5.91 Å². The van der Waals surface area contributed by atoms with Gasteiger partial charge < -0.3 is 15.4 Å². The zero-order chi connectivity index (χ0) is 22.8. The Labute approximate surface area is 188 Å². The predicted octanol–water partition coefficient (Wildman–Crippen LogP) is 4.64. The van der Waals surface area contributed by atoms with Gasteiger partial charge in [0.15, 0.2) is 5.65 Å². The number of hydrogen-bond acceptors (Lipinski definition) is 7. The Balaban J connectivity index is 1.40. The summed E-state index contributed by atoms with van der Waals surface area (Å²) in [5.74, 6) is 1.75. The molecule has 0 unspecified atom stereocenters. The van der Waals surface area contributed by atoms with Crippen LogP contribution in [0.15, 0.2) is 80.0 Å². The lowest BCUT2D eigenvalue weighted by atomic mass is 10.1. The molecule has 5 aromatic rings. The van der Waals surface area contributed by atoms with Crippen LogP contribution in [0.25, 0.3) is 16.6 Å². The second-order valence-corrected chi connectivity index (χ2v) is 7.28. The molecule has 0 radical (unpaired) electrons. The lowest BCUT2D eigenvalue weighted by Crippen LogP contribution is -2.07. The third kappa shape index (κ3) is 4.19. The van der Waals surface area contributed by atoms with Gasteiger partial charge in [-0.2, -0.15) is 5.10 Å². The molecule has 0 atom stereocenters. The molecule has 5 rings (SSSR count). The van der Waals surface area contributed by atoms with Crippen LogP contribution in [0.2, 0.25) is 0 Å². The first kappa shape index (κ1) is 20.1. The summed E-state index contributed by atoms with van der Waals surface area (Å²) in [5.41, 5.74) is 3.88. The van der Waals surface area contributed by atoms with Gasteiger partial charge in [0.1, 0.15) is 30.0 Å². The van der Waals surface area contributed by atoms with Gasteiger partial charge in [0.05, 0.1) is 5.52 Å². The van der Waals surface area contributed by atoms with Gasteiger partial charge in [-0.1, -0.05) is 6.58 Å². The highest BCUT2D eigenvalue weighted by Crippen LogP contribution is 2.30. The fourth-order valence-electron chi connectivity index (χ4n) is 3.39. The SMILES string of the molecule is C=CC(=O)Nc1ccc2ncnc(Nc3ccc(Oc4ccn5ncnc5c4)c(C)c3)c2c1. The van der Waals surface area contributed by atoms with E-state index in [4.69, 9.17) is 4.74 Å². The molecule has 0 aliphatic carbocycles. The zero-order valence-corrected chi connectivity index (χ0v) is 17.7. The van der Waals surface area contributed by atoms with Gasteiger partial charge >= 0.3 is 0 Å². The number of ether oxygens (including phenoxy) is 1. The fourth-order valence-corrected chi connectivity index (χ4v) is 3.39. The molecule has 0 saturated carbocycles. The maximum atomic E-state index is 11.6. The van der Waals surface area contributed by atoms with Crippen LogP contribution in [0.1, 0.15) is 5.56 Å². The van der Waals surface area contributed by atoms with Crippen LogP contribution in [0.3, 0.4) is 0 Å². The van der Waals surface area contributed by atoms with E-state index in [1.807, 2.05) is 49.4 Å². The van der Waals surface area contributed by atoms with Gasteiger partial charge in [0, 0.05) is 29.0 Å². The van der Waals surface area contributed by atoms with Crippen LogP contribution in [0.4, 0.5) is 17.2 Å². The minimum atomic E-state index is -0.282. The van der Waals surface area contributed by atoms with Crippen LogP contribution in [-0.4, -0.2) is 30.5 Å². The molecule has 0 aliphatic rings. The molecule has 3 aromatic heterocycles. The highest BCUT2D eigenvalue weighted by Gasteiger charge is 2.09. The van der Waals surface area contributed by atoms with E-state index in [0.717, 1.165) is 27.9 Å². The third-order valence-electron chi connectivity index (χ3n) is 5.01. The first-order chi connectivity index (χ1) is 16.1.